The summed E-state index contributed by atoms with van der Waals surface area (Å²) in [5.74, 6) is 0.00189. The fourth-order valence-electron chi connectivity index (χ4n) is 3.28. The lowest BCUT2D eigenvalue weighted by atomic mass is 10.2. The number of aromatic nitrogens is 1. The summed E-state index contributed by atoms with van der Waals surface area (Å²) < 4.78 is 5.41. The average Bonchev–Trinajstić information content (AvgIpc) is 3.44. The first-order valence-corrected chi connectivity index (χ1v) is 11.7. The van der Waals surface area contributed by atoms with Crippen molar-refractivity contribution in [3.63, 3.8) is 0 Å². The lowest BCUT2D eigenvalue weighted by Gasteiger charge is -2.27. The quantitative estimate of drug-likeness (QED) is 0.517. The molecule has 0 radical (unpaired) electrons. The van der Waals surface area contributed by atoms with Crippen molar-refractivity contribution < 1.29 is 9.53 Å². The van der Waals surface area contributed by atoms with Gasteiger partial charge in [-0.05, 0) is 23.9 Å². The van der Waals surface area contributed by atoms with Crippen molar-refractivity contribution in [3.8, 4) is 11.3 Å². The van der Waals surface area contributed by atoms with Gasteiger partial charge in [-0.2, -0.15) is 0 Å². The molecule has 1 amide bonds. The summed E-state index contributed by atoms with van der Waals surface area (Å²) in [5.41, 5.74) is 1.68. The van der Waals surface area contributed by atoms with Crippen molar-refractivity contribution in [2.45, 2.75) is 6.42 Å². The van der Waals surface area contributed by atoms with Crippen LogP contribution in [-0.4, -0.2) is 55.2 Å². The Labute approximate surface area is 183 Å². The van der Waals surface area contributed by atoms with Gasteiger partial charge in [0.1, 0.15) is 0 Å². The van der Waals surface area contributed by atoms with E-state index >= 15 is 0 Å². The van der Waals surface area contributed by atoms with Gasteiger partial charge in [-0.1, -0.05) is 35.9 Å². The van der Waals surface area contributed by atoms with E-state index in [1.165, 1.54) is 22.7 Å². The van der Waals surface area contributed by atoms with Crippen molar-refractivity contribution in [3.05, 3.63) is 57.1 Å². The smallest absolute Gasteiger partial charge is 0.270 e. The molecule has 3 aromatic rings. The maximum absolute atomic E-state index is 13.1. The predicted molar refractivity (Wildman–Crippen MR) is 120 cm³/mol. The fraction of sp³-hybridized carbons (Fsp3) is 0.333. The minimum atomic E-state index is 0.00189. The molecule has 0 aliphatic carbocycles. The highest BCUT2D eigenvalue weighted by Gasteiger charge is 2.22. The molecule has 1 aromatic carbocycles. The molecule has 5 nitrogen and oxygen atoms in total. The van der Waals surface area contributed by atoms with Crippen molar-refractivity contribution in [2.24, 2.45) is 0 Å². The molecule has 2 aromatic heterocycles. The van der Waals surface area contributed by atoms with Crippen LogP contribution in [0.2, 0.25) is 5.02 Å². The standard InChI is InChI=1S/C21H22ClN3O2S2/c22-17-6-2-1-5-16(17)18-15-29-21(23-18)25(20(26)19-7-3-14-28-19)9-4-8-24-10-12-27-13-11-24/h1-3,5-7,14-15H,4,8-13H2. The van der Waals surface area contributed by atoms with E-state index in [4.69, 9.17) is 21.3 Å². The number of thiophene rings is 1. The van der Waals surface area contributed by atoms with E-state index in [1.54, 1.807) is 4.90 Å². The number of carbonyl (C=O) groups is 1. The second-order valence-electron chi connectivity index (χ2n) is 6.74. The van der Waals surface area contributed by atoms with Crippen LogP contribution in [0, 0.1) is 0 Å². The zero-order chi connectivity index (χ0) is 20.1. The summed E-state index contributed by atoms with van der Waals surface area (Å²) in [5, 5.41) is 5.26. The van der Waals surface area contributed by atoms with E-state index in [0.717, 1.165) is 55.4 Å². The Morgan fingerprint density at radius 3 is 2.76 bits per heavy atom. The number of hydrogen-bond donors (Lipinski definition) is 0. The maximum Gasteiger partial charge on any atom is 0.270 e. The Morgan fingerprint density at radius 1 is 1.17 bits per heavy atom. The first-order valence-electron chi connectivity index (χ1n) is 9.58. The van der Waals surface area contributed by atoms with Crippen LogP contribution in [0.1, 0.15) is 16.1 Å². The monoisotopic (exact) mass is 447 g/mol. The molecule has 0 atom stereocenters. The van der Waals surface area contributed by atoms with Gasteiger partial charge in [0.2, 0.25) is 0 Å². The van der Waals surface area contributed by atoms with E-state index in [2.05, 4.69) is 4.90 Å². The van der Waals surface area contributed by atoms with Crippen LogP contribution in [0.4, 0.5) is 5.13 Å². The molecular weight excluding hydrogens is 426 g/mol. The third-order valence-electron chi connectivity index (χ3n) is 4.81. The summed E-state index contributed by atoms with van der Waals surface area (Å²) in [6.45, 7) is 5.04. The molecule has 0 spiro atoms. The number of ether oxygens (including phenoxy) is 1. The van der Waals surface area contributed by atoms with E-state index in [0.29, 0.717) is 16.7 Å². The van der Waals surface area contributed by atoms with Crippen molar-refractivity contribution in [1.29, 1.82) is 0 Å². The molecule has 0 N–H and O–H groups in total. The van der Waals surface area contributed by atoms with Crippen LogP contribution in [-0.2, 0) is 4.74 Å². The largest absolute Gasteiger partial charge is 0.379 e. The van der Waals surface area contributed by atoms with Crippen LogP contribution >= 0.6 is 34.3 Å². The van der Waals surface area contributed by atoms with Crippen LogP contribution < -0.4 is 4.90 Å². The van der Waals surface area contributed by atoms with Gasteiger partial charge < -0.3 is 4.74 Å². The van der Waals surface area contributed by atoms with Gasteiger partial charge in [0, 0.05) is 42.1 Å². The van der Waals surface area contributed by atoms with E-state index < -0.39 is 0 Å². The van der Waals surface area contributed by atoms with Gasteiger partial charge in [0.05, 0.1) is 23.8 Å². The molecule has 0 bridgehead atoms. The Bertz CT molecular complexity index is 939. The Morgan fingerprint density at radius 2 is 2.00 bits per heavy atom. The van der Waals surface area contributed by atoms with Crippen LogP contribution in [0.15, 0.2) is 47.2 Å². The third-order valence-corrected chi connectivity index (χ3v) is 6.86. The number of morpholine rings is 1. The van der Waals surface area contributed by atoms with E-state index in [-0.39, 0.29) is 5.91 Å². The third kappa shape index (κ3) is 5.05. The molecule has 1 saturated heterocycles. The Kier molecular flexibility index (Phi) is 6.94. The second kappa shape index (κ2) is 9.82. The lowest BCUT2D eigenvalue weighted by Crippen LogP contribution is -2.39. The number of carbonyl (C=O) groups excluding carboxylic acids is 1. The summed E-state index contributed by atoms with van der Waals surface area (Å²) in [7, 11) is 0. The first kappa shape index (κ1) is 20.5. The molecular formula is C21H22ClN3O2S2. The fourth-order valence-corrected chi connectivity index (χ4v) is 5.03. The molecule has 152 valence electrons. The predicted octanol–water partition coefficient (Wildman–Crippen LogP) is 4.89. The second-order valence-corrected chi connectivity index (χ2v) is 8.93. The van der Waals surface area contributed by atoms with Crippen molar-refractivity contribution in [1.82, 2.24) is 9.88 Å². The van der Waals surface area contributed by atoms with E-state index in [9.17, 15) is 4.79 Å². The number of amides is 1. The van der Waals surface area contributed by atoms with Gasteiger partial charge in [-0.15, -0.1) is 22.7 Å². The number of benzene rings is 1. The Hall–Kier alpha value is -1.77. The maximum atomic E-state index is 13.1. The summed E-state index contributed by atoms with van der Waals surface area (Å²) >= 11 is 9.27. The lowest BCUT2D eigenvalue weighted by molar-refractivity contribution is 0.0376. The van der Waals surface area contributed by atoms with Crippen molar-refractivity contribution >= 4 is 45.3 Å². The first-order chi connectivity index (χ1) is 14.2. The Balaban J connectivity index is 1.52. The number of thiazole rings is 1. The highest BCUT2D eigenvalue weighted by Crippen LogP contribution is 2.32. The number of rotatable bonds is 7. The highest BCUT2D eigenvalue weighted by atomic mass is 35.5. The molecule has 3 heterocycles. The average molecular weight is 448 g/mol. The van der Waals surface area contributed by atoms with Crippen LogP contribution in [0.25, 0.3) is 11.3 Å². The molecule has 1 aliphatic heterocycles. The molecule has 4 rings (SSSR count). The molecule has 0 unspecified atom stereocenters. The molecule has 1 aliphatic rings. The molecule has 0 saturated carbocycles. The van der Waals surface area contributed by atoms with Crippen LogP contribution in [0.3, 0.4) is 0 Å². The van der Waals surface area contributed by atoms with Crippen LogP contribution in [0.5, 0.6) is 0 Å². The summed E-state index contributed by atoms with van der Waals surface area (Å²) in [6, 6.07) is 11.4. The van der Waals surface area contributed by atoms with Gasteiger partial charge in [0.25, 0.3) is 5.91 Å². The number of nitrogens with zero attached hydrogens (tertiary/aromatic N) is 3. The zero-order valence-electron chi connectivity index (χ0n) is 15.9. The van der Waals surface area contributed by atoms with E-state index in [1.807, 2.05) is 47.2 Å². The number of hydrogen-bond acceptors (Lipinski definition) is 6. The zero-order valence-corrected chi connectivity index (χ0v) is 18.3. The topological polar surface area (TPSA) is 45.7 Å². The summed E-state index contributed by atoms with van der Waals surface area (Å²) in [4.78, 5) is 22.8. The SMILES string of the molecule is O=C(c1cccs1)N(CCCN1CCOCC1)c1nc(-c2ccccc2Cl)cs1. The van der Waals surface area contributed by atoms with Gasteiger partial charge >= 0.3 is 0 Å². The molecule has 1 fully saturated rings. The highest BCUT2D eigenvalue weighted by molar-refractivity contribution is 7.14. The molecule has 8 heteroatoms. The van der Waals surface area contributed by atoms with Gasteiger partial charge in [-0.25, -0.2) is 4.98 Å². The van der Waals surface area contributed by atoms with Crippen molar-refractivity contribution in [2.75, 3.05) is 44.3 Å². The minimum absolute atomic E-state index is 0.00189. The minimum Gasteiger partial charge on any atom is -0.379 e. The van der Waals surface area contributed by atoms with Gasteiger partial charge in [0.15, 0.2) is 5.13 Å². The summed E-state index contributed by atoms with van der Waals surface area (Å²) in [6.07, 6.45) is 0.887. The van der Waals surface area contributed by atoms with Gasteiger partial charge in [-0.3, -0.25) is 14.6 Å². The number of halogens is 1. The number of anilines is 1. The molecule has 29 heavy (non-hydrogen) atoms. The normalized spacial score (nSPS) is 14.8.